The molecule has 65 valence electrons. The molecule has 2 rings (SSSR count). The van der Waals surface area contributed by atoms with E-state index in [1.165, 1.54) is 12.1 Å². The maximum atomic E-state index is 12.2. The van der Waals surface area contributed by atoms with E-state index in [9.17, 15) is 8.78 Å². The summed E-state index contributed by atoms with van der Waals surface area (Å²) in [4.78, 5) is 0. The molecule has 0 spiro atoms. The molecule has 0 saturated carbocycles. The zero-order valence-corrected chi connectivity index (χ0v) is 6.80. The van der Waals surface area contributed by atoms with Crippen LogP contribution in [-0.2, 0) is 0 Å². The van der Waals surface area contributed by atoms with Gasteiger partial charge in [0.25, 0.3) is 0 Å². The first-order chi connectivity index (χ1) is 6.27. The van der Waals surface area contributed by atoms with E-state index in [1.807, 2.05) is 24.3 Å². The number of benzene rings is 2. The van der Waals surface area contributed by atoms with Crippen LogP contribution in [0.4, 0.5) is 8.78 Å². The van der Waals surface area contributed by atoms with Crippen LogP contribution in [-0.4, -0.2) is 0 Å². The molecular formula is C11H7F2. The van der Waals surface area contributed by atoms with Crippen LogP contribution in [0.5, 0.6) is 0 Å². The van der Waals surface area contributed by atoms with E-state index < -0.39 is 6.43 Å². The highest BCUT2D eigenvalue weighted by Crippen LogP contribution is 2.22. The Hall–Kier alpha value is -1.44. The lowest BCUT2D eigenvalue weighted by Crippen LogP contribution is -1.83. The zero-order chi connectivity index (χ0) is 9.26. The summed E-state index contributed by atoms with van der Waals surface area (Å²) in [5, 5.41) is 1.82. The van der Waals surface area contributed by atoms with Gasteiger partial charge in [-0.15, -0.1) is 0 Å². The Morgan fingerprint density at radius 2 is 1.54 bits per heavy atom. The molecule has 0 unspecified atom stereocenters. The lowest BCUT2D eigenvalue weighted by Gasteiger charge is -2.00. The van der Waals surface area contributed by atoms with Crippen molar-refractivity contribution in [3.05, 3.63) is 54.5 Å². The molecule has 0 N–H and O–H groups in total. The van der Waals surface area contributed by atoms with E-state index in [0.29, 0.717) is 0 Å². The fourth-order valence-corrected chi connectivity index (χ4v) is 1.31. The first-order valence-corrected chi connectivity index (χ1v) is 3.94. The van der Waals surface area contributed by atoms with Gasteiger partial charge >= 0.3 is 6.43 Å². The molecule has 13 heavy (non-hydrogen) atoms. The number of fused-ring (bicyclic) bond motifs is 1. The van der Waals surface area contributed by atoms with Gasteiger partial charge in [-0.2, -0.15) is 8.78 Å². The maximum absolute atomic E-state index is 12.2. The Morgan fingerprint density at radius 1 is 0.846 bits per heavy atom. The van der Waals surface area contributed by atoms with Crippen molar-refractivity contribution in [2.45, 2.75) is 0 Å². The lowest BCUT2D eigenvalue weighted by atomic mass is 10.1. The topological polar surface area (TPSA) is 0 Å². The van der Waals surface area contributed by atoms with Gasteiger partial charge in [0.1, 0.15) is 0 Å². The molecule has 0 aliphatic heterocycles. The van der Waals surface area contributed by atoms with Crippen LogP contribution in [0.25, 0.3) is 10.8 Å². The predicted octanol–water partition coefficient (Wildman–Crippen LogP) is 3.62. The van der Waals surface area contributed by atoms with Crippen molar-refractivity contribution in [1.82, 2.24) is 0 Å². The monoisotopic (exact) mass is 177 g/mol. The van der Waals surface area contributed by atoms with Crippen molar-refractivity contribution in [3.8, 4) is 0 Å². The summed E-state index contributed by atoms with van der Waals surface area (Å²) in [7, 11) is 0. The highest BCUT2D eigenvalue weighted by molar-refractivity contribution is 5.83. The number of halogens is 2. The van der Waals surface area contributed by atoms with E-state index in [1.54, 1.807) is 6.07 Å². The zero-order valence-electron chi connectivity index (χ0n) is 6.80. The van der Waals surface area contributed by atoms with Crippen LogP contribution in [0.15, 0.2) is 42.5 Å². The molecule has 0 aliphatic carbocycles. The minimum Gasteiger partial charge on any atom is -0.194 e. The van der Waals surface area contributed by atoms with E-state index in [4.69, 9.17) is 0 Å². The van der Waals surface area contributed by atoms with Crippen LogP contribution in [0, 0.1) is 6.43 Å². The molecule has 1 radical (unpaired) electrons. The van der Waals surface area contributed by atoms with Gasteiger partial charge in [0, 0.05) is 5.56 Å². The Kier molecular flexibility index (Phi) is 1.97. The molecule has 0 aromatic heterocycles. The number of hydrogen-bond acceptors (Lipinski definition) is 0. The summed E-state index contributed by atoms with van der Waals surface area (Å²) in [6.45, 7) is 0. The van der Waals surface area contributed by atoms with Gasteiger partial charge in [-0.1, -0.05) is 36.4 Å². The van der Waals surface area contributed by atoms with Crippen LogP contribution >= 0.6 is 0 Å². The van der Waals surface area contributed by atoms with E-state index in [2.05, 4.69) is 0 Å². The minimum atomic E-state index is -1.63. The van der Waals surface area contributed by atoms with Gasteiger partial charge in [0.15, 0.2) is 0 Å². The Bertz CT molecular complexity index is 421. The normalized spacial score (nSPS) is 11.0. The molecule has 0 fully saturated rings. The van der Waals surface area contributed by atoms with Crippen molar-refractivity contribution in [2.75, 3.05) is 0 Å². The molecule has 0 bridgehead atoms. The van der Waals surface area contributed by atoms with Crippen LogP contribution in [0.2, 0.25) is 0 Å². The van der Waals surface area contributed by atoms with Crippen molar-refractivity contribution in [1.29, 1.82) is 0 Å². The third-order valence-corrected chi connectivity index (χ3v) is 1.97. The van der Waals surface area contributed by atoms with Gasteiger partial charge in [-0.3, -0.25) is 0 Å². The minimum absolute atomic E-state index is 0.00120. The van der Waals surface area contributed by atoms with Gasteiger partial charge in [0.2, 0.25) is 0 Å². The van der Waals surface area contributed by atoms with Crippen molar-refractivity contribution in [2.24, 2.45) is 0 Å². The Labute approximate surface area is 74.8 Å². The number of rotatable bonds is 1. The van der Waals surface area contributed by atoms with Crippen LogP contribution < -0.4 is 0 Å². The maximum Gasteiger partial charge on any atom is 0.339 e. The molecular weight excluding hydrogens is 170 g/mol. The Morgan fingerprint density at radius 3 is 2.23 bits per heavy atom. The third-order valence-electron chi connectivity index (χ3n) is 1.97. The highest BCUT2D eigenvalue weighted by Gasteiger charge is 2.08. The molecule has 0 saturated heterocycles. The van der Waals surface area contributed by atoms with Gasteiger partial charge in [-0.05, 0) is 16.8 Å². The molecule has 2 aromatic carbocycles. The van der Waals surface area contributed by atoms with E-state index in [0.717, 1.165) is 10.8 Å². The second-order valence-corrected chi connectivity index (χ2v) is 2.82. The molecule has 0 heterocycles. The molecule has 0 nitrogen and oxygen atoms in total. The molecule has 0 atom stereocenters. The Balaban J connectivity index is 2.62. The third kappa shape index (κ3) is 1.52. The summed E-state index contributed by atoms with van der Waals surface area (Å²) in [6, 6.07) is 12.1. The van der Waals surface area contributed by atoms with Gasteiger partial charge < -0.3 is 0 Å². The fraction of sp³-hybridized carbons (Fsp3) is 0. The lowest BCUT2D eigenvalue weighted by molar-refractivity contribution is 0.325. The fourth-order valence-electron chi connectivity index (χ4n) is 1.31. The summed E-state index contributed by atoms with van der Waals surface area (Å²) in [6.07, 6.45) is -1.63. The van der Waals surface area contributed by atoms with E-state index in [-0.39, 0.29) is 5.56 Å². The highest BCUT2D eigenvalue weighted by atomic mass is 19.3. The van der Waals surface area contributed by atoms with Gasteiger partial charge in [-0.25, -0.2) is 0 Å². The smallest absolute Gasteiger partial charge is 0.194 e. The second kappa shape index (κ2) is 3.13. The SMILES string of the molecule is F[C](F)c1ccc2ccccc2c1. The molecule has 0 amide bonds. The largest absolute Gasteiger partial charge is 0.339 e. The second-order valence-electron chi connectivity index (χ2n) is 2.82. The molecule has 2 aromatic rings. The van der Waals surface area contributed by atoms with Crippen molar-refractivity contribution >= 4 is 10.8 Å². The first-order valence-electron chi connectivity index (χ1n) is 3.94. The summed E-state index contributed by atoms with van der Waals surface area (Å²) >= 11 is 0. The average molecular weight is 177 g/mol. The summed E-state index contributed by atoms with van der Waals surface area (Å²) in [5.74, 6) is 0. The van der Waals surface area contributed by atoms with E-state index >= 15 is 0 Å². The number of hydrogen-bond donors (Lipinski definition) is 0. The molecule has 0 aliphatic rings. The summed E-state index contributed by atoms with van der Waals surface area (Å²) < 4.78 is 24.4. The molecule has 2 heteroatoms. The quantitative estimate of drug-likeness (QED) is 0.624. The predicted molar refractivity (Wildman–Crippen MR) is 48.5 cm³/mol. The van der Waals surface area contributed by atoms with Crippen LogP contribution in [0.1, 0.15) is 5.56 Å². The van der Waals surface area contributed by atoms with Crippen LogP contribution in [0.3, 0.4) is 0 Å². The van der Waals surface area contributed by atoms with Crippen molar-refractivity contribution in [3.63, 3.8) is 0 Å². The average Bonchev–Trinajstić information content (AvgIpc) is 2.17. The summed E-state index contributed by atoms with van der Waals surface area (Å²) in [5.41, 5.74) is -0.00120. The van der Waals surface area contributed by atoms with Crippen molar-refractivity contribution < 1.29 is 8.78 Å². The standard InChI is InChI=1S/C11H7F2/c12-11(13)10-6-5-8-3-1-2-4-9(8)7-10/h1-7H. The first kappa shape index (κ1) is 8.17. The van der Waals surface area contributed by atoms with Gasteiger partial charge in [0.05, 0.1) is 0 Å².